The van der Waals surface area contributed by atoms with Gasteiger partial charge in [-0.05, 0) is 61.9 Å². The van der Waals surface area contributed by atoms with Crippen molar-refractivity contribution in [3.05, 3.63) is 88.8 Å². The van der Waals surface area contributed by atoms with Crippen molar-refractivity contribution in [3.63, 3.8) is 0 Å². The fourth-order valence-corrected chi connectivity index (χ4v) is 5.93. The van der Waals surface area contributed by atoms with E-state index in [0.717, 1.165) is 31.0 Å². The fourth-order valence-electron chi connectivity index (χ4n) is 4.38. The smallest absolute Gasteiger partial charge is 0.243 e. The van der Waals surface area contributed by atoms with Gasteiger partial charge in [0.15, 0.2) is 0 Å². The molecule has 2 heterocycles. The van der Waals surface area contributed by atoms with Crippen LogP contribution in [0.4, 0.5) is 0 Å². The van der Waals surface area contributed by atoms with E-state index in [9.17, 15) is 13.2 Å². The van der Waals surface area contributed by atoms with Crippen molar-refractivity contribution in [2.24, 2.45) is 0 Å². The zero-order valence-corrected chi connectivity index (χ0v) is 23.2. The van der Waals surface area contributed by atoms with Gasteiger partial charge < -0.3 is 14.1 Å². The summed E-state index contributed by atoms with van der Waals surface area (Å²) < 4.78 is 39.8. The maximum absolute atomic E-state index is 13.7. The molecule has 204 valence electrons. The van der Waals surface area contributed by atoms with Gasteiger partial charge in [-0.15, -0.1) is 0 Å². The van der Waals surface area contributed by atoms with Gasteiger partial charge in [-0.1, -0.05) is 41.9 Å². The van der Waals surface area contributed by atoms with Gasteiger partial charge in [-0.2, -0.15) is 4.31 Å². The highest BCUT2D eigenvalue weighted by Gasteiger charge is 2.29. The van der Waals surface area contributed by atoms with E-state index in [2.05, 4.69) is 4.90 Å². The first kappa shape index (κ1) is 28.3. The molecule has 0 unspecified atom stereocenters. The molecule has 3 aromatic rings. The molecule has 1 amide bonds. The number of carbonyl (C=O) groups is 1. The Morgan fingerprint density at radius 1 is 0.974 bits per heavy atom. The first-order chi connectivity index (χ1) is 18.3. The number of furan rings is 1. The SMILES string of the molecule is Cc1ccc(CN(Cc2ccccc2)C(=O)CN(CCCN2CCOCC2)S(=O)(=O)c2ccc(Cl)cc2)o1. The number of nitrogens with zero attached hydrogens (tertiary/aromatic N) is 3. The van der Waals surface area contributed by atoms with Crippen LogP contribution in [0.5, 0.6) is 0 Å². The minimum Gasteiger partial charge on any atom is -0.464 e. The van der Waals surface area contributed by atoms with E-state index in [1.54, 1.807) is 17.0 Å². The summed E-state index contributed by atoms with van der Waals surface area (Å²) in [6.07, 6.45) is 0.593. The Hall–Kier alpha value is -2.69. The van der Waals surface area contributed by atoms with Crippen molar-refractivity contribution < 1.29 is 22.4 Å². The molecule has 1 aromatic heterocycles. The van der Waals surface area contributed by atoms with Crippen molar-refractivity contribution in [2.75, 3.05) is 45.9 Å². The van der Waals surface area contributed by atoms with Gasteiger partial charge in [0.25, 0.3) is 0 Å². The predicted octanol–water partition coefficient (Wildman–Crippen LogP) is 4.18. The largest absolute Gasteiger partial charge is 0.464 e. The first-order valence-corrected chi connectivity index (χ1v) is 14.6. The average molecular weight is 560 g/mol. The van der Waals surface area contributed by atoms with E-state index < -0.39 is 10.0 Å². The van der Waals surface area contributed by atoms with Crippen LogP contribution in [0.2, 0.25) is 5.02 Å². The lowest BCUT2D eigenvalue weighted by molar-refractivity contribution is -0.133. The van der Waals surface area contributed by atoms with E-state index in [-0.39, 0.29) is 30.4 Å². The third-order valence-corrected chi connectivity index (χ3v) is 8.57. The minimum atomic E-state index is -3.93. The molecule has 0 N–H and O–H groups in total. The molecule has 1 aliphatic rings. The Morgan fingerprint density at radius 2 is 1.68 bits per heavy atom. The number of morpholine rings is 1. The molecular formula is C28H34ClN3O5S. The molecule has 0 radical (unpaired) electrons. The number of aryl methyl sites for hydroxylation is 1. The van der Waals surface area contributed by atoms with Gasteiger partial charge in [0, 0.05) is 31.2 Å². The number of hydrogen-bond acceptors (Lipinski definition) is 6. The number of amides is 1. The van der Waals surface area contributed by atoms with Crippen molar-refractivity contribution in [2.45, 2.75) is 31.3 Å². The molecular weight excluding hydrogens is 526 g/mol. The molecule has 0 spiro atoms. The molecule has 1 aliphatic heterocycles. The normalized spacial score (nSPS) is 14.6. The second-order valence-corrected chi connectivity index (χ2v) is 11.7. The monoisotopic (exact) mass is 559 g/mol. The van der Waals surface area contributed by atoms with E-state index in [0.29, 0.717) is 37.0 Å². The molecule has 2 aromatic carbocycles. The molecule has 0 saturated carbocycles. The molecule has 1 saturated heterocycles. The molecule has 10 heteroatoms. The third kappa shape index (κ3) is 7.91. The highest BCUT2D eigenvalue weighted by Crippen LogP contribution is 2.20. The Morgan fingerprint density at radius 3 is 2.34 bits per heavy atom. The molecule has 0 atom stereocenters. The van der Waals surface area contributed by atoms with E-state index in [1.807, 2.05) is 49.4 Å². The summed E-state index contributed by atoms with van der Waals surface area (Å²) in [6, 6.07) is 19.4. The quantitative estimate of drug-likeness (QED) is 0.331. The highest BCUT2D eigenvalue weighted by molar-refractivity contribution is 7.89. The van der Waals surface area contributed by atoms with Crippen LogP contribution in [0, 0.1) is 6.92 Å². The minimum absolute atomic E-state index is 0.109. The van der Waals surface area contributed by atoms with Crippen LogP contribution in [0.15, 0.2) is 76.0 Å². The highest BCUT2D eigenvalue weighted by atomic mass is 35.5. The lowest BCUT2D eigenvalue weighted by atomic mass is 10.2. The molecule has 38 heavy (non-hydrogen) atoms. The number of rotatable bonds is 12. The van der Waals surface area contributed by atoms with Crippen molar-refractivity contribution in [1.82, 2.24) is 14.1 Å². The first-order valence-electron chi connectivity index (χ1n) is 12.7. The van der Waals surface area contributed by atoms with Gasteiger partial charge in [0.05, 0.1) is 31.2 Å². The van der Waals surface area contributed by atoms with Gasteiger partial charge in [-0.3, -0.25) is 9.69 Å². The predicted molar refractivity (Wildman–Crippen MR) is 146 cm³/mol. The molecule has 8 nitrogen and oxygen atoms in total. The van der Waals surface area contributed by atoms with Crippen LogP contribution in [0.25, 0.3) is 0 Å². The van der Waals surface area contributed by atoms with Crippen molar-refractivity contribution in [1.29, 1.82) is 0 Å². The average Bonchev–Trinajstić information content (AvgIpc) is 3.33. The third-order valence-electron chi connectivity index (χ3n) is 6.46. The summed E-state index contributed by atoms with van der Waals surface area (Å²) in [7, 11) is -3.93. The van der Waals surface area contributed by atoms with Crippen LogP contribution in [0.3, 0.4) is 0 Å². The summed E-state index contributed by atoms with van der Waals surface area (Å²) in [5.74, 6) is 1.10. The molecule has 1 fully saturated rings. The van der Waals surface area contributed by atoms with Crippen molar-refractivity contribution >= 4 is 27.5 Å². The second-order valence-electron chi connectivity index (χ2n) is 9.35. The Bertz CT molecular complexity index is 1280. The van der Waals surface area contributed by atoms with E-state index in [1.165, 1.54) is 16.4 Å². The molecule has 0 bridgehead atoms. The van der Waals surface area contributed by atoms with E-state index in [4.69, 9.17) is 20.8 Å². The van der Waals surface area contributed by atoms with Crippen LogP contribution in [-0.4, -0.2) is 74.4 Å². The summed E-state index contributed by atoms with van der Waals surface area (Å²) >= 11 is 6.00. The fraction of sp³-hybridized carbons (Fsp3) is 0.393. The lowest BCUT2D eigenvalue weighted by Crippen LogP contribution is -2.44. The van der Waals surface area contributed by atoms with Crippen LogP contribution in [-0.2, 0) is 32.6 Å². The Kier molecular flexibility index (Phi) is 9.98. The summed E-state index contributed by atoms with van der Waals surface area (Å²) in [5.41, 5.74) is 0.948. The van der Waals surface area contributed by atoms with Crippen LogP contribution in [0.1, 0.15) is 23.5 Å². The van der Waals surface area contributed by atoms with E-state index >= 15 is 0 Å². The zero-order chi connectivity index (χ0) is 27.0. The molecule has 0 aliphatic carbocycles. The topological polar surface area (TPSA) is 83.3 Å². The van der Waals surface area contributed by atoms with Crippen LogP contribution >= 0.6 is 11.6 Å². The van der Waals surface area contributed by atoms with Crippen LogP contribution < -0.4 is 0 Å². The number of sulfonamides is 1. The zero-order valence-electron chi connectivity index (χ0n) is 21.6. The van der Waals surface area contributed by atoms with Gasteiger partial charge in [0.2, 0.25) is 15.9 Å². The number of carbonyl (C=O) groups excluding carboxylic acids is 1. The molecule has 4 rings (SSSR count). The summed E-state index contributed by atoms with van der Waals surface area (Å²) in [5, 5.41) is 0.446. The summed E-state index contributed by atoms with van der Waals surface area (Å²) in [4.78, 5) is 17.7. The lowest BCUT2D eigenvalue weighted by Gasteiger charge is -2.29. The Labute approximate surface area is 229 Å². The van der Waals surface area contributed by atoms with Gasteiger partial charge in [-0.25, -0.2) is 8.42 Å². The number of halogens is 1. The maximum atomic E-state index is 13.7. The van der Waals surface area contributed by atoms with Gasteiger partial charge in [0.1, 0.15) is 11.5 Å². The number of benzene rings is 2. The summed E-state index contributed by atoms with van der Waals surface area (Å²) in [6.45, 7) is 6.07. The van der Waals surface area contributed by atoms with Crippen molar-refractivity contribution in [3.8, 4) is 0 Å². The second kappa shape index (κ2) is 13.4. The Balaban J connectivity index is 1.54. The number of hydrogen-bond donors (Lipinski definition) is 0. The number of ether oxygens (including phenoxy) is 1. The van der Waals surface area contributed by atoms with Gasteiger partial charge >= 0.3 is 0 Å². The standard InChI is InChI=1S/C28H34ClN3O5S/c1-23-8-11-26(37-23)21-31(20-24-6-3-2-4-7-24)28(33)22-32(15-5-14-30-16-18-36-19-17-30)38(34,35)27-12-9-25(29)10-13-27/h2-4,6-13H,5,14-22H2,1H3. The maximum Gasteiger partial charge on any atom is 0.243 e.